The van der Waals surface area contributed by atoms with Crippen molar-refractivity contribution >= 4 is 16.8 Å². The van der Waals surface area contributed by atoms with E-state index in [1.54, 1.807) is 18.7 Å². The molecule has 0 unspecified atom stereocenters. The lowest BCUT2D eigenvalue weighted by Gasteiger charge is -2.27. The van der Waals surface area contributed by atoms with Gasteiger partial charge in [0.15, 0.2) is 0 Å². The maximum Gasteiger partial charge on any atom is 0.285 e. The van der Waals surface area contributed by atoms with Crippen LogP contribution in [0, 0.1) is 25.2 Å². The average molecular weight is 361 g/mol. The van der Waals surface area contributed by atoms with Crippen LogP contribution < -0.4 is 5.56 Å². The summed E-state index contributed by atoms with van der Waals surface area (Å²) in [6.07, 6.45) is 0.744. The van der Waals surface area contributed by atoms with Gasteiger partial charge in [0.2, 0.25) is 5.91 Å². The second-order valence-electron chi connectivity index (χ2n) is 6.85. The van der Waals surface area contributed by atoms with Crippen molar-refractivity contribution in [3.05, 3.63) is 62.7 Å². The zero-order valence-electron chi connectivity index (χ0n) is 15.2. The van der Waals surface area contributed by atoms with Crippen molar-refractivity contribution in [2.24, 2.45) is 0 Å². The zero-order valence-corrected chi connectivity index (χ0v) is 15.2. The van der Waals surface area contributed by atoms with Crippen molar-refractivity contribution < 1.29 is 4.79 Å². The van der Waals surface area contributed by atoms with Crippen LogP contribution in [0.4, 0.5) is 0 Å². The molecular weight excluding hydrogens is 342 g/mol. The highest BCUT2D eigenvalue weighted by atomic mass is 16.2. The molecule has 0 fully saturated rings. The van der Waals surface area contributed by atoms with Crippen molar-refractivity contribution in [3.63, 3.8) is 0 Å². The standard InChI is InChI=1S/C20H19N5O2/c1-12-13(2)23-25(20(27)15(12)9-21)11-19(26)24-8-7-18-16(10-24)14-5-3-4-6-17(14)22-18/h3-6,22H,7-8,10-11H2,1-2H3. The molecule has 136 valence electrons. The molecule has 0 atom stereocenters. The van der Waals surface area contributed by atoms with Crippen molar-refractivity contribution in [1.82, 2.24) is 19.7 Å². The van der Waals surface area contributed by atoms with Crippen LogP contribution in [0.2, 0.25) is 0 Å². The van der Waals surface area contributed by atoms with E-state index in [-0.39, 0.29) is 18.0 Å². The van der Waals surface area contributed by atoms with Gasteiger partial charge in [-0.3, -0.25) is 9.59 Å². The highest BCUT2D eigenvalue weighted by molar-refractivity contribution is 5.86. The number of carbonyl (C=O) groups excluding carboxylic acids is 1. The van der Waals surface area contributed by atoms with Gasteiger partial charge in [-0.2, -0.15) is 10.4 Å². The van der Waals surface area contributed by atoms with Crippen LogP contribution in [0.25, 0.3) is 10.9 Å². The number of fused-ring (bicyclic) bond motifs is 3. The Morgan fingerprint density at radius 3 is 2.89 bits per heavy atom. The number of nitrogens with one attached hydrogen (secondary N) is 1. The fraction of sp³-hybridized carbons (Fsp3) is 0.300. The molecule has 7 heteroatoms. The zero-order chi connectivity index (χ0) is 19.1. The van der Waals surface area contributed by atoms with Gasteiger partial charge in [0.25, 0.3) is 5.56 Å². The maximum atomic E-state index is 12.8. The number of nitriles is 1. The molecule has 0 saturated carbocycles. The first-order valence-corrected chi connectivity index (χ1v) is 8.84. The van der Waals surface area contributed by atoms with Gasteiger partial charge in [0.05, 0.1) is 5.69 Å². The predicted molar refractivity (Wildman–Crippen MR) is 100 cm³/mol. The molecule has 3 heterocycles. The van der Waals surface area contributed by atoms with E-state index in [9.17, 15) is 14.9 Å². The van der Waals surface area contributed by atoms with Crippen LogP contribution in [-0.4, -0.2) is 32.1 Å². The first-order chi connectivity index (χ1) is 13.0. The van der Waals surface area contributed by atoms with Crippen LogP contribution in [0.3, 0.4) is 0 Å². The number of rotatable bonds is 2. The Balaban J connectivity index is 1.61. The summed E-state index contributed by atoms with van der Waals surface area (Å²) in [5.74, 6) is -0.173. The number of nitrogens with zero attached hydrogens (tertiary/aromatic N) is 4. The summed E-state index contributed by atoms with van der Waals surface area (Å²) in [6.45, 7) is 4.35. The summed E-state index contributed by atoms with van der Waals surface area (Å²) in [4.78, 5) is 30.4. The Morgan fingerprint density at radius 2 is 2.11 bits per heavy atom. The number of hydrogen-bond donors (Lipinski definition) is 1. The number of hydrogen-bond acceptors (Lipinski definition) is 4. The van der Waals surface area contributed by atoms with Crippen molar-refractivity contribution in [3.8, 4) is 6.07 Å². The molecule has 4 rings (SSSR count). The normalized spacial score (nSPS) is 13.4. The van der Waals surface area contributed by atoms with Crippen LogP contribution in [0.15, 0.2) is 29.1 Å². The van der Waals surface area contributed by atoms with Crippen LogP contribution in [0.5, 0.6) is 0 Å². The number of aromatic nitrogens is 3. The van der Waals surface area contributed by atoms with E-state index in [1.807, 2.05) is 30.3 Å². The van der Waals surface area contributed by atoms with Gasteiger partial charge in [-0.1, -0.05) is 18.2 Å². The topological polar surface area (TPSA) is 94.8 Å². The summed E-state index contributed by atoms with van der Waals surface area (Å²) in [5, 5.41) is 14.5. The number of para-hydroxylation sites is 1. The van der Waals surface area contributed by atoms with E-state index in [1.165, 1.54) is 0 Å². The highest BCUT2D eigenvalue weighted by Gasteiger charge is 2.25. The molecule has 3 aromatic rings. The summed E-state index contributed by atoms with van der Waals surface area (Å²) in [5.41, 5.74) is 4.04. The number of aromatic amines is 1. The molecule has 1 amide bonds. The third-order valence-electron chi connectivity index (χ3n) is 5.27. The molecule has 0 bridgehead atoms. The van der Waals surface area contributed by atoms with Gasteiger partial charge < -0.3 is 9.88 Å². The van der Waals surface area contributed by atoms with Crippen LogP contribution >= 0.6 is 0 Å². The third kappa shape index (κ3) is 2.79. The minimum absolute atomic E-state index is 0.0489. The van der Waals surface area contributed by atoms with E-state index in [0.717, 1.165) is 33.3 Å². The van der Waals surface area contributed by atoms with Crippen molar-refractivity contribution in [2.75, 3.05) is 6.54 Å². The molecule has 1 aromatic carbocycles. The summed E-state index contributed by atoms with van der Waals surface area (Å²) < 4.78 is 1.11. The summed E-state index contributed by atoms with van der Waals surface area (Å²) in [7, 11) is 0. The SMILES string of the molecule is Cc1nn(CC(=O)N2CCc3[nH]c4ccccc4c3C2)c(=O)c(C#N)c1C. The number of aryl methyl sites for hydroxylation is 1. The molecule has 0 saturated heterocycles. The average Bonchev–Trinajstić information content (AvgIpc) is 3.04. The fourth-order valence-corrected chi connectivity index (χ4v) is 3.62. The van der Waals surface area contributed by atoms with Crippen molar-refractivity contribution in [2.45, 2.75) is 33.4 Å². The Labute approximate surface area is 155 Å². The molecule has 2 aromatic heterocycles. The third-order valence-corrected chi connectivity index (χ3v) is 5.27. The van der Waals surface area contributed by atoms with Gasteiger partial charge >= 0.3 is 0 Å². The van der Waals surface area contributed by atoms with Crippen LogP contribution in [-0.2, 0) is 24.3 Å². The van der Waals surface area contributed by atoms with Gasteiger partial charge in [-0.05, 0) is 25.5 Å². The van der Waals surface area contributed by atoms with Crippen LogP contribution in [0.1, 0.15) is 28.1 Å². The fourth-order valence-electron chi connectivity index (χ4n) is 3.62. The quantitative estimate of drug-likeness (QED) is 0.753. The minimum atomic E-state index is -0.515. The Morgan fingerprint density at radius 1 is 1.33 bits per heavy atom. The Kier molecular flexibility index (Phi) is 4.04. The van der Waals surface area contributed by atoms with E-state index < -0.39 is 5.56 Å². The maximum absolute atomic E-state index is 12.8. The molecule has 1 aliphatic heterocycles. The Hall–Kier alpha value is -3.40. The number of H-pyrrole nitrogens is 1. The lowest BCUT2D eigenvalue weighted by molar-refractivity contribution is -0.133. The molecule has 0 radical (unpaired) electrons. The second kappa shape index (κ2) is 6.40. The lowest BCUT2D eigenvalue weighted by Crippen LogP contribution is -2.40. The molecule has 7 nitrogen and oxygen atoms in total. The monoisotopic (exact) mass is 361 g/mol. The largest absolute Gasteiger partial charge is 0.358 e. The van der Waals surface area contributed by atoms with Gasteiger partial charge in [-0.25, -0.2) is 4.68 Å². The molecule has 27 heavy (non-hydrogen) atoms. The molecular formula is C20H19N5O2. The first kappa shape index (κ1) is 17.0. The number of carbonyl (C=O) groups is 1. The van der Waals surface area contributed by atoms with E-state index in [0.29, 0.717) is 24.3 Å². The molecule has 1 aliphatic rings. The predicted octanol–water partition coefficient (Wildman–Crippen LogP) is 1.80. The number of benzene rings is 1. The van der Waals surface area contributed by atoms with Gasteiger partial charge in [0.1, 0.15) is 18.2 Å². The minimum Gasteiger partial charge on any atom is -0.358 e. The highest BCUT2D eigenvalue weighted by Crippen LogP contribution is 2.27. The second-order valence-corrected chi connectivity index (χ2v) is 6.85. The van der Waals surface area contributed by atoms with Crippen molar-refractivity contribution in [1.29, 1.82) is 5.26 Å². The lowest BCUT2D eigenvalue weighted by atomic mass is 10.0. The summed E-state index contributed by atoms with van der Waals surface area (Å²) >= 11 is 0. The smallest absolute Gasteiger partial charge is 0.285 e. The molecule has 0 aliphatic carbocycles. The van der Waals surface area contributed by atoms with Gasteiger partial charge in [0, 0.05) is 41.7 Å². The van der Waals surface area contributed by atoms with E-state index in [4.69, 9.17) is 0 Å². The number of amides is 1. The Bertz CT molecular complexity index is 1170. The summed E-state index contributed by atoms with van der Waals surface area (Å²) in [6, 6.07) is 9.97. The van der Waals surface area contributed by atoms with Gasteiger partial charge in [-0.15, -0.1) is 0 Å². The molecule has 0 spiro atoms. The first-order valence-electron chi connectivity index (χ1n) is 8.84. The van der Waals surface area contributed by atoms with E-state index in [2.05, 4.69) is 10.1 Å². The molecule has 1 N–H and O–H groups in total. The van der Waals surface area contributed by atoms with E-state index >= 15 is 0 Å².